The highest BCUT2D eigenvalue weighted by Crippen LogP contribution is 2.11. The molecule has 0 aliphatic heterocycles. The van der Waals surface area contributed by atoms with Crippen molar-refractivity contribution in [2.75, 3.05) is 0 Å². The predicted octanol–water partition coefficient (Wildman–Crippen LogP) is 0.493. The van der Waals surface area contributed by atoms with Crippen LogP contribution in [0.3, 0.4) is 0 Å². The zero-order valence-corrected chi connectivity index (χ0v) is 7.56. The molecule has 1 unspecified atom stereocenters. The fourth-order valence-corrected chi connectivity index (χ4v) is 1.23. The van der Waals surface area contributed by atoms with E-state index in [-0.39, 0.29) is 0 Å². The number of aromatic nitrogens is 4. The topological polar surface area (TPSA) is 69.6 Å². The maximum absolute atomic E-state index is 5.47. The van der Waals surface area contributed by atoms with Crippen LogP contribution in [0.1, 0.15) is 38.6 Å². The molecule has 2 N–H and O–H groups in total. The van der Waals surface area contributed by atoms with Crippen LogP contribution in [0.5, 0.6) is 0 Å². The fraction of sp³-hybridized carbons (Fsp3) is 0.857. The van der Waals surface area contributed by atoms with E-state index in [2.05, 4.69) is 29.4 Å². The molecule has 5 heteroatoms. The largest absolute Gasteiger partial charge is 0.324 e. The first-order valence-corrected chi connectivity index (χ1v) is 4.26. The molecule has 0 aliphatic rings. The van der Waals surface area contributed by atoms with Crippen molar-refractivity contribution in [1.82, 2.24) is 20.2 Å². The molecule has 0 aliphatic carbocycles. The second-order valence-corrected chi connectivity index (χ2v) is 2.88. The van der Waals surface area contributed by atoms with Gasteiger partial charge in [0.25, 0.3) is 0 Å². The molecule has 1 heterocycles. The third kappa shape index (κ3) is 1.79. The summed E-state index contributed by atoms with van der Waals surface area (Å²) < 4.78 is 1.80. The molecule has 0 amide bonds. The molecule has 0 radical (unpaired) electrons. The van der Waals surface area contributed by atoms with Gasteiger partial charge in [0.05, 0.1) is 12.6 Å². The van der Waals surface area contributed by atoms with Gasteiger partial charge >= 0.3 is 0 Å². The molecular formula is C7H15N5. The normalized spacial score (nSPS) is 13.2. The monoisotopic (exact) mass is 169 g/mol. The maximum atomic E-state index is 5.47. The molecular weight excluding hydrogens is 154 g/mol. The Kier molecular flexibility index (Phi) is 3.16. The van der Waals surface area contributed by atoms with E-state index in [9.17, 15) is 0 Å². The molecule has 1 atom stereocenters. The summed E-state index contributed by atoms with van der Waals surface area (Å²) in [6, 6.07) is 0.351. The number of nitrogens with two attached hydrogens (primary N) is 1. The van der Waals surface area contributed by atoms with Gasteiger partial charge in [-0.25, -0.2) is 4.68 Å². The fourth-order valence-electron chi connectivity index (χ4n) is 1.23. The molecule has 5 nitrogen and oxygen atoms in total. The Balaban J connectivity index is 2.71. The smallest absolute Gasteiger partial charge is 0.165 e. The molecule has 0 saturated heterocycles. The standard InChI is InChI=1S/C7H15N5/c1-3-4-6(2)12-7(5-8)9-10-11-12/h6H,3-5,8H2,1-2H3. The van der Waals surface area contributed by atoms with Gasteiger partial charge in [-0.1, -0.05) is 13.3 Å². The van der Waals surface area contributed by atoms with Crippen molar-refractivity contribution in [3.05, 3.63) is 5.82 Å². The van der Waals surface area contributed by atoms with Crippen LogP contribution < -0.4 is 5.73 Å². The SMILES string of the molecule is CCCC(C)n1nnnc1CN. The third-order valence-electron chi connectivity index (χ3n) is 1.87. The van der Waals surface area contributed by atoms with Gasteiger partial charge in [-0.2, -0.15) is 0 Å². The van der Waals surface area contributed by atoms with Gasteiger partial charge < -0.3 is 5.73 Å². The summed E-state index contributed by atoms with van der Waals surface area (Å²) in [7, 11) is 0. The summed E-state index contributed by atoms with van der Waals surface area (Å²) in [4.78, 5) is 0. The Morgan fingerprint density at radius 3 is 2.92 bits per heavy atom. The third-order valence-corrected chi connectivity index (χ3v) is 1.87. The number of tetrazole rings is 1. The quantitative estimate of drug-likeness (QED) is 0.712. The summed E-state index contributed by atoms with van der Waals surface area (Å²) in [5.41, 5.74) is 5.47. The van der Waals surface area contributed by atoms with Crippen molar-refractivity contribution in [2.45, 2.75) is 39.3 Å². The molecule has 0 saturated carbocycles. The van der Waals surface area contributed by atoms with Crippen LogP contribution in [0.15, 0.2) is 0 Å². The minimum Gasteiger partial charge on any atom is -0.324 e. The molecule has 0 fully saturated rings. The van der Waals surface area contributed by atoms with Gasteiger partial charge in [-0.3, -0.25) is 0 Å². The summed E-state index contributed by atoms with van der Waals surface area (Å²) in [5.74, 6) is 0.760. The average molecular weight is 169 g/mol. The van der Waals surface area contributed by atoms with Crippen molar-refractivity contribution in [3.63, 3.8) is 0 Å². The van der Waals surface area contributed by atoms with Crippen LogP contribution >= 0.6 is 0 Å². The lowest BCUT2D eigenvalue weighted by Gasteiger charge is -2.10. The molecule has 0 bridgehead atoms. The zero-order chi connectivity index (χ0) is 8.97. The second kappa shape index (κ2) is 4.15. The van der Waals surface area contributed by atoms with Crippen molar-refractivity contribution in [3.8, 4) is 0 Å². The lowest BCUT2D eigenvalue weighted by atomic mass is 10.2. The van der Waals surface area contributed by atoms with Crippen molar-refractivity contribution >= 4 is 0 Å². The first-order chi connectivity index (χ1) is 5.79. The number of hydrogen-bond donors (Lipinski definition) is 1. The highest BCUT2D eigenvalue weighted by molar-refractivity contribution is 4.81. The van der Waals surface area contributed by atoms with Crippen LogP contribution in [0, 0.1) is 0 Å². The van der Waals surface area contributed by atoms with Crippen molar-refractivity contribution < 1.29 is 0 Å². The predicted molar refractivity (Wildman–Crippen MR) is 45.3 cm³/mol. The van der Waals surface area contributed by atoms with Crippen LogP contribution in [0.4, 0.5) is 0 Å². The lowest BCUT2D eigenvalue weighted by Crippen LogP contribution is -2.13. The first kappa shape index (κ1) is 9.12. The van der Waals surface area contributed by atoms with Gasteiger partial charge in [0, 0.05) is 0 Å². The molecule has 1 aromatic rings. The number of nitrogens with zero attached hydrogens (tertiary/aromatic N) is 4. The highest BCUT2D eigenvalue weighted by Gasteiger charge is 2.09. The van der Waals surface area contributed by atoms with Crippen molar-refractivity contribution in [2.24, 2.45) is 5.73 Å². The van der Waals surface area contributed by atoms with Crippen LogP contribution in [-0.2, 0) is 6.54 Å². The van der Waals surface area contributed by atoms with Gasteiger partial charge in [0.1, 0.15) is 0 Å². The molecule has 0 spiro atoms. The first-order valence-electron chi connectivity index (χ1n) is 4.26. The highest BCUT2D eigenvalue weighted by atomic mass is 15.5. The van der Waals surface area contributed by atoms with Crippen LogP contribution in [0.25, 0.3) is 0 Å². The Morgan fingerprint density at radius 1 is 1.58 bits per heavy atom. The minimum absolute atomic E-state index is 0.351. The maximum Gasteiger partial charge on any atom is 0.165 e. The van der Waals surface area contributed by atoms with E-state index in [0.29, 0.717) is 12.6 Å². The number of rotatable bonds is 4. The van der Waals surface area contributed by atoms with Crippen LogP contribution in [0.2, 0.25) is 0 Å². The molecule has 0 aromatic carbocycles. The van der Waals surface area contributed by atoms with Crippen molar-refractivity contribution in [1.29, 1.82) is 0 Å². The van der Waals surface area contributed by atoms with E-state index in [4.69, 9.17) is 5.73 Å². The molecule has 68 valence electrons. The Hall–Kier alpha value is -0.970. The minimum atomic E-state index is 0.351. The van der Waals surface area contributed by atoms with E-state index in [1.807, 2.05) is 0 Å². The Bertz CT molecular complexity index is 231. The van der Waals surface area contributed by atoms with Gasteiger partial charge in [0.15, 0.2) is 5.82 Å². The summed E-state index contributed by atoms with van der Waals surface area (Å²) in [5, 5.41) is 11.3. The molecule has 1 aromatic heterocycles. The summed E-state index contributed by atoms with van der Waals surface area (Å²) in [6.07, 6.45) is 2.21. The summed E-state index contributed by atoms with van der Waals surface area (Å²) >= 11 is 0. The van der Waals surface area contributed by atoms with Gasteiger partial charge in [0.2, 0.25) is 0 Å². The van der Waals surface area contributed by atoms with E-state index in [1.165, 1.54) is 0 Å². The van der Waals surface area contributed by atoms with E-state index in [1.54, 1.807) is 4.68 Å². The van der Waals surface area contributed by atoms with E-state index >= 15 is 0 Å². The Labute approximate surface area is 71.9 Å². The van der Waals surface area contributed by atoms with E-state index in [0.717, 1.165) is 18.7 Å². The lowest BCUT2D eigenvalue weighted by molar-refractivity contribution is 0.429. The number of hydrogen-bond acceptors (Lipinski definition) is 4. The Morgan fingerprint density at radius 2 is 2.33 bits per heavy atom. The molecule has 1 rings (SSSR count). The van der Waals surface area contributed by atoms with Gasteiger partial charge in [-0.15, -0.1) is 5.10 Å². The summed E-state index contributed by atoms with van der Waals surface area (Å²) in [6.45, 7) is 4.64. The van der Waals surface area contributed by atoms with Crippen LogP contribution in [-0.4, -0.2) is 20.2 Å². The van der Waals surface area contributed by atoms with E-state index < -0.39 is 0 Å². The average Bonchev–Trinajstić information content (AvgIpc) is 2.51. The second-order valence-electron chi connectivity index (χ2n) is 2.88. The zero-order valence-electron chi connectivity index (χ0n) is 7.56. The molecule has 12 heavy (non-hydrogen) atoms. The van der Waals surface area contributed by atoms with Gasteiger partial charge in [-0.05, 0) is 23.8 Å².